The predicted octanol–water partition coefficient (Wildman–Crippen LogP) is 2.52. The Hall–Kier alpha value is -1.14. The summed E-state index contributed by atoms with van der Waals surface area (Å²) < 4.78 is 6.16. The van der Waals surface area contributed by atoms with Crippen LogP contribution >= 0.6 is 15.9 Å². The second-order valence-corrected chi connectivity index (χ2v) is 5.12. The van der Waals surface area contributed by atoms with E-state index in [-0.39, 0.29) is 5.56 Å². The first-order valence-electron chi connectivity index (χ1n) is 5.91. The van der Waals surface area contributed by atoms with E-state index in [1.165, 1.54) is 0 Å². The van der Waals surface area contributed by atoms with E-state index < -0.39 is 5.97 Å². The van der Waals surface area contributed by atoms with Crippen LogP contribution in [0.25, 0.3) is 0 Å². The van der Waals surface area contributed by atoms with Crippen molar-refractivity contribution in [2.24, 2.45) is 0 Å². The van der Waals surface area contributed by atoms with Gasteiger partial charge in [0.2, 0.25) is 0 Å². The van der Waals surface area contributed by atoms with Gasteiger partial charge in [-0.3, -0.25) is 0 Å². The molecule has 0 bridgehead atoms. The van der Waals surface area contributed by atoms with Crippen LogP contribution < -0.4 is 5.32 Å². The Bertz CT molecular complexity index is 433. The fourth-order valence-electron chi connectivity index (χ4n) is 1.97. The molecule has 98 valence electrons. The highest BCUT2D eigenvalue weighted by Gasteiger charge is 2.16. The van der Waals surface area contributed by atoms with Gasteiger partial charge in [0.1, 0.15) is 11.4 Å². The van der Waals surface area contributed by atoms with E-state index >= 15 is 0 Å². The summed E-state index contributed by atoms with van der Waals surface area (Å²) >= 11 is 3.21. The zero-order valence-electron chi connectivity index (χ0n) is 9.86. The molecular formula is C12H15BrN2O3. The summed E-state index contributed by atoms with van der Waals surface area (Å²) in [5.41, 5.74) is 0.178. The zero-order valence-corrected chi connectivity index (χ0v) is 11.4. The van der Waals surface area contributed by atoms with Gasteiger partial charge >= 0.3 is 5.97 Å². The van der Waals surface area contributed by atoms with Gasteiger partial charge < -0.3 is 15.2 Å². The van der Waals surface area contributed by atoms with Crippen molar-refractivity contribution in [1.29, 1.82) is 0 Å². The summed E-state index contributed by atoms with van der Waals surface area (Å²) in [6.07, 6.45) is 4.95. The van der Waals surface area contributed by atoms with E-state index in [4.69, 9.17) is 9.84 Å². The summed E-state index contributed by atoms with van der Waals surface area (Å²) in [5.74, 6) is -0.577. The average Bonchev–Trinajstić information content (AvgIpc) is 2.84. The lowest BCUT2D eigenvalue weighted by Gasteiger charge is -2.12. The maximum absolute atomic E-state index is 11.1. The Labute approximate surface area is 114 Å². The largest absolute Gasteiger partial charge is 0.478 e. The zero-order chi connectivity index (χ0) is 13.0. The molecule has 1 aliphatic heterocycles. The van der Waals surface area contributed by atoms with E-state index in [0.717, 1.165) is 25.9 Å². The fourth-order valence-corrected chi connectivity index (χ4v) is 2.30. The number of aromatic carboxylic acids is 1. The van der Waals surface area contributed by atoms with Crippen molar-refractivity contribution in [3.63, 3.8) is 0 Å². The predicted molar refractivity (Wildman–Crippen MR) is 71.0 cm³/mol. The molecule has 2 heterocycles. The third kappa shape index (κ3) is 3.43. The molecule has 1 aromatic rings. The van der Waals surface area contributed by atoms with Gasteiger partial charge in [-0.25, -0.2) is 9.78 Å². The van der Waals surface area contributed by atoms with Crippen LogP contribution in [0, 0.1) is 0 Å². The molecule has 6 heteroatoms. The number of aromatic nitrogens is 1. The molecule has 0 radical (unpaired) electrons. The summed E-state index contributed by atoms with van der Waals surface area (Å²) in [4.78, 5) is 15.2. The van der Waals surface area contributed by atoms with Crippen LogP contribution in [0.15, 0.2) is 16.7 Å². The number of carbonyl (C=O) groups is 1. The molecule has 1 aromatic heterocycles. The van der Waals surface area contributed by atoms with Crippen LogP contribution in [-0.4, -0.2) is 35.3 Å². The van der Waals surface area contributed by atoms with Gasteiger partial charge in [0.05, 0.1) is 6.10 Å². The Balaban J connectivity index is 1.93. The maximum atomic E-state index is 11.1. The van der Waals surface area contributed by atoms with E-state index in [9.17, 15) is 4.79 Å². The second-order valence-electron chi connectivity index (χ2n) is 4.21. The quantitative estimate of drug-likeness (QED) is 0.873. The summed E-state index contributed by atoms with van der Waals surface area (Å²) in [7, 11) is 0. The second kappa shape index (κ2) is 6.15. The van der Waals surface area contributed by atoms with Gasteiger partial charge in [0.15, 0.2) is 0 Å². The number of pyridine rings is 1. The maximum Gasteiger partial charge on any atom is 0.339 e. The molecule has 0 spiro atoms. The lowest BCUT2D eigenvalue weighted by Crippen LogP contribution is -2.15. The molecule has 1 saturated heterocycles. The smallest absolute Gasteiger partial charge is 0.339 e. The molecule has 2 rings (SSSR count). The SMILES string of the molecule is O=C(O)c1cc(Br)cnc1NCCC1CCCO1. The van der Waals surface area contributed by atoms with Crippen molar-refractivity contribution >= 4 is 27.7 Å². The molecule has 5 nitrogen and oxygen atoms in total. The first kappa shape index (κ1) is 13.3. The Morgan fingerprint density at radius 1 is 1.67 bits per heavy atom. The molecule has 18 heavy (non-hydrogen) atoms. The highest BCUT2D eigenvalue weighted by Crippen LogP contribution is 2.19. The first-order chi connectivity index (χ1) is 8.66. The molecule has 1 aliphatic rings. The van der Waals surface area contributed by atoms with Crippen LogP contribution in [0.1, 0.15) is 29.6 Å². The van der Waals surface area contributed by atoms with Gasteiger partial charge in [-0.2, -0.15) is 0 Å². The monoisotopic (exact) mass is 314 g/mol. The highest BCUT2D eigenvalue weighted by atomic mass is 79.9. The first-order valence-corrected chi connectivity index (χ1v) is 6.70. The van der Waals surface area contributed by atoms with Crippen LogP contribution in [0.3, 0.4) is 0 Å². The summed E-state index contributed by atoms with van der Waals surface area (Å²) in [5, 5.41) is 12.1. The number of anilines is 1. The fraction of sp³-hybridized carbons (Fsp3) is 0.500. The number of halogens is 1. The molecule has 1 atom stereocenters. The third-order valence-electron chi connectivity index (χ3n) is 2.87. The molecule has 2 N–H and O–H groups in total. The van der Waals surface area contributed by atoms with Crippen LogP contribution in [-0.2, 0) is 4.74 Å². The summed E-state index contributed by atoms with van der Waals surface area (Å²) in [6, 6.07) is 1.55. The Morgan fingerprint density at radius 3 is 3.17 bits per heavy atom. The molecule has 0 amide bonds. The number of ether oxygens (including phenoxy) is 1. The van der Waals surface area contributed by atoms with Crippen molar-refractivity contribution in [1.82, 2.24) is 4.98 Å². The number of nitrogens with one attached hydrogen (secondary N) is 1. The Morgan fingerprint density at radius 2 is 2.50 bits per heavy atom. The molecular weight excluding hydrogens is 300 g/mol. The number of hydrogen-bond donors (Lipinski definition) is 2. The van der Waals surface area contributed by atoms with Crippen molar-refractivity contribution in [3.05, 3.63) is 22.3 Å². The molecule has 0 aliphatic carbocycles. The lowest BCUT2D eigenvalue weighted by atomic mass is 10.2. The molecule has 0 saturated carbocycles. The van der Waals surface area contributed by atoms with Crippen LogP contribution in [0.5, 0.6) is 0 Å². The van der Waals surface area contributed by atoms with Crippen molar-refractivity contribution in [2.75, 3.05) is 18.5 Å². The van der Waals surface area contributed by atoms with Gasteiger partial charge in [0, 0.05) is 23.8 Å². The van der Waals surface area contributed by atoms with E-state index in [1.54, 1.807) is 12.3 Å². The molecule has 0 aromatic carbocycles. The number of nitrogens with zero attached hydrogens (tertiary/aromatic N) is 1. The minimum atomic E-state index is -0.983. The normalized spacial score (nSPS) is 18.8. The van der Waals surface area contributed by atoms with Crippen LogP contribution in [0.2, 0.25) is 0 Å². The van der Waals surface area contributed by atoms with Crippen LogP contribution in [0.4, 0.5) is 5.82 Å². The van der Waals surface area contributed by atoms with Gasteiger partial charge in [-0.05, 0) is 41.3 Å². The topological polar surface area (TPSA) is 71.5 Å². The van der Waals surface area contributed by atoms with Gasteiger partial charge in [0.25, 0.3) is 0 Å². The van der Waals surface area contributed by atoms with Crippen molar-refractivity contribution in [2.45, 2.75) is 25.4 Å². The lowest BCUT2D eigenvalue weighted by molar-refractivity contribution is 0.0697. The number of carboxylic acid groups (broad SMARTS) is 1. The van der Waals surface area contributed by atoms with Crippen molar-refractivity contribution in [3.8, 4) is 0 Å². The van der Waals surface area contributed by atoms with Gasteiger partial charge in [-0.1, -0.05) is 0 Å². The number of hydrogen-bond acceptors (Lipinski definition) is 4. The standard InChI is InChI=1S/C12H15BrN2O3/c13-8-6-10(12(16)17)11(15-7-8)14-4-3-9-2-1-5-18-9/h6-7,9H,1-5H2,(H,14,15)(H,16,17). The number of rotatable bonds is 5. The molecule has 1 unspecified atom stereocenters. The third-order valence-corrected chi connectivity index (χ3v) is 3.30. The van der Waals surface area contributed by atoms with Crippen molar-refractivity contribution < 1.29 is 14.6 Å². The summed E-state index contributed by atoms with van der Waals surface area (Å²) in [6.45, 7) is 1.50. The van der Waals surface area contributed by atoms with Gasteiger partial charge in [-0.15, -0.1) is 0 Å². The molecule has 1 fully saturated rings. The number of carboxylic acids is 1. The Kier molecular flexibility index (Phi) is 4.54. The minimum absolute atomic E-state index is 0.178. The minimum Gasteiger partial charge on any atom is -0.478 e. The van der Waals surface area contributed by atoms with E-state index in [0.29, 0.717) is 22.9 Å². The van der Waals surface area contributed by atoms with E-state index in [1.807, 2.05) is 0 Å². The van der Waals surface area contributed by atoms with E-state index in [2.05, 4.69) is 26.2 Å². The average molecular weight is 315 g/mol. The highest BCUT2D eigenvalue weighted by molar-refractivity contribution is 9.10.